The Kier molecular flexibility index (Phi) is 5.88. The number of benzene rings is 1. The number of carbonyl (C=O) groups excluding carboxylic acids is 1. The van der Waals surface area contributed by atoms with Crippen LogP contribution in [0.5, 0.6) is 0 Å². The first-order chi connectivity index (χ1) is 12.1. The number of ether oxygens (including phenoxy) is 1. The molecule has 2 heterocycles. The lowest BCUT2D eigenvalue weighted by atomic mass is 10.1. The minimum absolute atomic E-state index is 0.129. The van der Waals surface area contributed by atoms with Crippen molar-refractivity contribution in [3.63, 3.8) is 0 Å². The van der Waals surface area contributed by atoms with Gasteiger partial charge >= 0.3 is 5.97 Å². The Balaban J connectivity index is 1.45. The standard InChI is InChI=1S/C18H18N2O3S2/c1-12-10-14-16(22)19-18(20-17(14)25-12)24-11-15(21)23-9-5-8-13-6-3-2-4-7-13/h2-4,6-7,10H,5,8-9,11H2,1H3,(H,19,20,22). The zero-order valence-electron chi connectivity index (χ0n) is 13.8. The number of esters is 1. The van der Waals surface area contributed by atoms with Gasteiger partial charge in [0.1, 0.15) is 4.83 Å². The Morgan fingerprint density at radius 1 is 1.32 bits per heavy atom. The Labute approximate surface area is 153 Å². The van der Waals surface area contributed by atoms with Crippen LogP contribution < -0.4 is 5.56 Å². The normalized spacial score (nSPS) is 10.9. The first kappa shape index (κ1) is 17.7. The van der Waals surface area contributed by atoms with E-state index in [4.69, 9.17) is 4.74 Å². The quantitative estimate of drug-likeness (QED) is 0.296. The van der Waals surface area contributed by atoms with E-state index >= 15 is 0 Å². The molecule has 0 aliphatic carbocycles. The number of thioether (sulfide) groups is 1. The number of carbonyl (C=O) groups is 1. The third kappa shape index (κ3) is 4.93. The smallest absolute Gasteiger partial charge is 0.316 e. The van der Waals surface area contributed by atoms with Crippen LogP contribution in [0.25, 0.3) is 10.2 Å². The topological polar surface area (TPSA) is 72.0 Å². The molecule has 1 aromatic carbocycles. The lowest BCUT2D eigenvalue weighted by Crippen LogP contribution is -2.11. The van der Waals surface area contributed by atoms with E-state index < -0.39 is 0 Å². The number of rotatable bonds is 7. The monoisotopic (exact) mass is 374 g/mol. The van der Waals surface area contributed by atoms with E-state index in [0.717, 1.165) is 17.7 Å². The SMILES string of the molecule is Cc1cc2c(=O)[nH]c(SCC(=O)OCCCc3ccccc3)nc2s1. The highest BCUT2D eigenvalue weighted by atomic mass is 32.2. The van der Waals surface area contributed by atoms with Crippen molar-refractivity contribution in [2.75, 3.05) is 12.4 Å². The molecule has 0 aliphatic rings. The van der Waals surface area contributed by atoms with Crippen molar-refractivity contribution in [3.8, 4) is 0 Å². The second kappa shape index (κ2) is 8.31. The average molecular weight is 374 g/mol. The van der Waals surface area contributed by atoms with Gasteiger partial charge in [0.25, 0.3) is 5.56 Å². The molecular formula is C18H18N2O3S2. The van der Waals surface area contributed by atoms with E-state index in [2.05, 4.69) is 22.1 Å². The van der Waals surface area contributed by atoms with Gasteiger partial charge in [-0.3, -0.25) is 9.59 Å². The van der Waals surface area contributed by atoms with Gasteiger partial charge in [0, 0.05) is 4.88 Å². The molecule has 0 spiro atoms. The molecule has 3 rings (SSSR count). The molecule has 0 saturated carbocycles. The number of hydrogen-bond acceptors (Lipinski definition) is 6. The lowest BCUT2D eigenvalue weighted by Gasteiger charge is -2.05. The van der Waals surface area contributed by atoms with Gasteiger partial charge in [-0.15, -0.1) is 11.3 Å². The van der Waals surface area contributed by atoms with Crippen LogP contribution in [0, 0.1) is 6.92 Å². The summed E-state index contributed by atoms with van der Waals surface area (Å²) in [5.41, 5.74) is 1.06. The summed E-state index contributed by atoms with van der Waals surface area (Å²) in [7, 11) is 0. The Morgan fingerprint density at radius 3 is 2.92 bits per heavy atom. The number of H-pyrrole nitrogens is 1. The van der Waals surface area contributed by atoms with Gasteiger partial charge in [0.05, 0.1) is 17.7 Å². The maximum atomic E-state index is 12.0. The largest absolute Gasteiger partial charge is 0.465 e. The van der Waals surface area contributed by atoms with Crippen molar-refractivity contribution >= 4 is 39.3 Å². The maximum absolute atomic E-state index is 12.0. The van der Waals surface area contributed by atoms with Crippen LogP contribution in [0.4, 0.5) is 0 Å². The number of fused-ring (bicyclic) bond motifs is 1. The Morgan fingerprint density at radius 2 is 2.12 bits per heavy atom. The third-order valence-corrected chi connectivity index (χ3v) is 5.34. The highest BCUT2D eigenvalue weighted by Gasteiger charge is 2.10. The molecule has 0 radical (unpaired) electrons. The fraction of sp³-hybridized carbons (Fsp3) is 0.278. The van der Waals surface area contributed by atoms with Crippen molar-refractivity contribution in [3.05, 3.63) is 57.2 Å². The molecule has 0 aliphatic heterocycles. The first-order valence-electron chi connectivity index (χ1n) is 7.94. The Hall–Kier alpha value is -2.12. The van der Waals surface area contributed by atoms with Gasteiger partial charge in [-0.05, 0) is 31.4 Å². The molecule has 0 amide bonds. The van der Waals surface area contributed by atoms with Crippen LogP contribution in [0.15, 0.2) is 46.3 Å². The van der Waals surface area contributed by atoms with Gasteiger partial charge in [0.2, 0.25) is 0 Å². The summed E-state index contributed by atoms with van der Waals surface area (Å²) < 4.78 is 5.23. The minimum atomic E-state index is -0.303. The maximum Gasteiger partial charge on any atom is 0.316 e. The number of hydrogen-bond donors (Lipinski definition) is 1. The summed E-state index contributed by atoms with van der Waals surface area (Å²) in [4.78, 5) is 32.6. The van der Waals surface area contributed by atoms with Gasteiger partial charge in [-0.2, -0.15) is 0 Å². The summed E-state index contributed by atoms with van der Waals surface area (Å²) in [6, 6.07) is 11.9. The lowest BCUT2D eigenvalue weighted by molar-refractivity contribution is -0.140. The van der Waals surface area contributed by atoms with Gasteiger partial charge in [0.15, 0.2) is 5.16 Å². The molecule has 3 aromatic rings. The fourth-order valence-electron chi connectivity index (χ4n) is 2.38. The predicted octanol–water partition coefficient (Wildman–Crippen LogP) is 3.56. The number of thiophene rings is 1. The molecule has 25 heavy (non-hydrogen) atoms. The molecule has 7 heteroatoms. The third-order valence-electron chi connectivity index (χ3n) is 3.55. The zero-order valence-corrected chi connectivity index (χ0v) is 15.4. The van der Waals surface area contributed by atoms with E-state index in [1.807, 2.05) is 31.2 Å². The molecule has 2 aromatic heterocycles. The summed E-state index contributed by atoms with van der Waals surface area (Å²) in [6.07, 6.45) is 1.67. The second-order valence-electron chi connectivity index (χ2n) is 5.55. The fourth-order valence-corrected chi connectivity index (χ4v) is 3.97. The molecule has 1 N–H and O–H groups in total. The van der Waals surface area contributed by atoms with Crippen LogP contribution in [0.2, 0.25) is 0 Å². The van der Waals surface area contributed by atoms with Crippen molar-refractivity contribution in [1.82, 2.24) is 9.97 Å². The molecular weight excluding hydrogens is 356 g/mol. The van der Waals surface area contributed by atoms with Crippen molar-refractivity contribution in [1.29, 1.82) is 0 Å². The van der Waals surface area contributed by atoms with Gasteiger partial charge in [-0.25, -0.2) is 4.98 Å². The molecule has 0 bridgehead atoms. The van der Waals surface area contributed by atoms with E-state index in [-0.39, 0.29) is 17.3 Å². The predicted molar refractivity (Wildman–Crippen MR) is 101 cm³/mol. The zero-order chi connectivity index (χ0) is 17.6. The average Bonchev–Trinajstić information content (AvgIpc) is 2.99. The number of aryl methyl sites for hydroxylation is 2. The number of nitrogens with zero attached hydrogens (tertiary/aromatic N) is 1. The summed E-state index contributed by atoms with van der Waals surface area (Å²) in [5.74, 6) is -0.174. The summed E-state index contributed by atoms with van der Waals surface area (Å²) >= 11 is 2.66. The van der Waals surface area contributed by atoms with Gasteiger partial charge in [-0.1, -0.05) is 42.1 Å². The van der Waals surface area contributed by atoms with Crippen LogP contribution in [0.3, 0.4) is 0 Å². The molecule has 0 unspecified atom stereocenters. The number of nitrogens with one attached hydrogen (secondary N) is 1. The molecule has 0 fully saturated rings. The second-order valence-corrected chi connectivity index (χ2v) is 7.74. The van der Waals surface area contributed by atoms with Crippen LogP contribution in [-0.4, -0.2) is 28.3 Å². The van der Waals surface area contributed by atoms with Crippen LogP contribution in [-0.2, 0) is 16.0 Å². The number of aromatic amines is 1. The van der Waals surface area contributed by atoms with Gasteiger partial charge < -0.3 is 9.72 Å². The molecule has 0 atom stereocenters. The van der Waals surface area contributed by atoms with Crippen molar-refractivity contribution in [2.24, 2.45) is 0 Å². The first-order valence-corrected chi connectivity index (χ1v) is 9.75. The molecule has 130 valence electrons. The van der Waals surface area contributed by atoms with Crippen molar-refractivity contribution < 1.29 is 9.53 Å². The van der Waals surface area contributed by atoms with E-state index in [9.17, 15) is 9.59 Å². The van der Waals surface area contributed by atoms with E-state index in [1.165, 1.54) is 28.7 Å². The minimum Gasteiger partial charge on any atom is -0.465 e. The number of aromatic nitrogens is 2. The van der Waals surface area contributed by atoms with Crippen LogP contribution >= 0.6 is 23.1 Å². The van der Waals surface area contributed by atoms with E-state index in [1.54, 1.807) is 0 Å². The summed E-state index contributed by atoms with van der Waals surface area (Å²) in [5, 5.41) is 1.04. The van der Waals surface area contributed by atoms with E-state index in [0.29, 0.717) is 22.0 Å². The van der Waals surface area contributed by atoms with Crippen LogP contribution in [0.1, 0.15) is 16.9 Å². The molecule has 5 nitrogen and oxygen atoms in total. The Bertz CT molecular complexity index is 919. The van der Waals surface area contributed by atoms with Crippen molar-refractivity contribution in [2.45, 2.75) is 24.9 Å². The highest BCUT2D eigenvalue weighted by molar-refractivity contribution is 7.99. The summed E-state index contributed by atoms with van der Waals surface area (Å²) in [6.45, 7) is 2.33. The molecule has 0 saturated heterocycles. The highest BCUT2D eigenvalue weighted by Crippen LogP contribution is 2.22.